The van der Waals surface area contributed by atoms with Crippen molar-refractivity contribution in [3.8, 4) is 0 Å². The van der Waals surface area contributed by atoms with Gasteiger partial charge in [-0.15, -0.1) is 0 Å². The molecule has 1 aliphatic carbocycles. The number of pyridine rings is 1. The van der Waals surface area contributed by atoms with Gasteiger partial charge in [0.15, 0.2) is 0 Å². The van der Waals surface area contributed by atoms with Gasteiger partial charge in [-0.2, -0.15) is 0 Å². The number of nitrogens with zero attached hydrogens (tertiary/aromatic N) is 1. The van der Waals surface area contributed by atoms with Crippen molar-refractivity contribution in [2.45, 2.75) is 39.0 Å². The zero-order valence-corrected chi connectivity index (χ0v) is 10.7. The standard InChI is InChI=1S/C14H23N3/c1-2-10-15-13-8-5-9-14(17-13)16-11-12-6-3-4-7-12/h5,8-9,12H,2-4,6-7,10-11H2,1H3,(H2,15,16,17). The molecular weight excluding hydrogens is 210 g/mol. The summed E-state index contributed by atoms with van der Waals surface area (Å²) in [7, 11) is 0. The molecule has 3 heteroatoms. The number of aromatic nitrogens is 1. The largest absolute Gasteiger partial charge is 0.370 e. The fourth-order valence-corrected chi connectivity index (χ4v) is 2.35. The van der Waals surface area contributed by atoms with Crippen molar-refractivity contribution < 1.29 is 0 Å². The number of hydrogen-bond donors (Lipinski definition) is 2. The van der Waals surface area contributed by atoms with Crippen molar-refractivity contribution in [3.63, 3.8) is 0 Å². The lowest BCUT2D eigenvalue weighted by molar-refractivity contribution is 0.579. The first-order chi connectivity index (χ1) is 8.38. The SMILES string of the molecule is CCCNc1cccc(NCC2CCCC2)n1. The molecule has 0 unspecified atom stereocenters. The summed E-state index contributed by atoms with van der Waals surface area (Å²) in [6.07, 6.45) is 6.68. The summed E-state index contributed by atoms with van der Waals surface area (Å²) in [6.45, 7) is 4.22. The van der Waals surface area contributed by atoms with E-state index in [9.17, 15) is 0 Å². The van der Waals surface area contributed by atoms with Gasteiger partial charge in [0.1, 0.15) is 11.6 Å². The molecule has 1 fully saturated rings. The van der Waals surface area contributed by atoms with Crippen LogP contribution in [0.25, 0.3) is 0 Å². The molecule has 1 saturated carbocycles. The average molecular weight is 233 g/mol. The van der Waals surface area contributed by atoms with E-state index < -0.39 is 0 Å². The molecule has 0 amide bonds. The Hall–Kier alpha value is -1.25. The van der Waals surface area contributed by atoms with Crippen LogP contribution < -0.4 is 10.6 Å². The summed E-state index contributed by atoms with van der Waals surface area (Å²) in [5.41, 5.74) is 0. The molecule has 0 radical (unpaired) electrons. The third-order valence-corrected chi connectivity index (χ3v) is 3.35. The number of rotatable bonds is 6. The molecule has 0 atom stereocenters. The summed E-state index contributed by atoms with van der Waals surface area (Å²) in [6, 6.07) is 6.13. The smallest absolute Gasteiger partial charge is 0.128 e. The average Bonchev–Trinajstić information content (AvgIpc) is 2.87. The van der Waals surface area contributed by atoms with Gasteiger partial charge in [0.2, 0.25) is 0 Å². The molecule has 0 aliphatic heterocycles. The quantitative estimate of drug-likeness (QED) is 0.789. The lowest BCUT2D eigenvalue weighted by Crippen LogP contribution is -2.12. The van der Waals surface area contributed by atoms with E-state index in [1.807, 2.05) is 12.1 Å². The van der Waals surface area contributed by atoms with E-state index in [4.69, 9.17) is 0 Å². The Morgan fingerprint density at radius 3 is 2.59 bits per heavy atom. The first kappa shape index (κ1) is 12.2. The summed E-state index contributed by atoms with van der Waals surface area (Å²) < 4.78 is 0. The van der Waals surface area contributed by atoms with Crippen LogP contribution in [-0.4, -0.2) is 18.1 Å². The Labute approximate surface area is 104 Å². The predicted molar refractivity (Wildman–Crippen MR) is 73.5 cm³/mol. The molecule has 0 bridgehead atoms. The van der Waals surface area contributed by atoms with Gasteiger partial charge in [0, 0.05) is 13.1 Å². The first-order valence-corrected chi connectivity index (χ1v) is 6.83. The molecule has 0 aromatic carbocycles. The van der Waals surface area contributed by atoms with Crippen LogP contribution in [0.4, 0.5) is 11.6 Å². The van der Waals surface area contributed by atoms with E-state index >= 15 is 0 Å². The highest BCUT2D eigenvalue weighted by molar-refractivity contribution is 5.45. The Kier molecular flexibility index (Phi) is 4.65. The van der Waals surface area contributed by atoms with E-state index in [0.717, 1.165) is 37.1 Å². The second kappa shape index (κ2) is 6.48. The summed E-state index contributed by atoms with van der Waals surface area (Å²) in [5.74, 6) is 2.82. The van der Waals surface area contributed by atoms with Crippen LogP contribution in [0.3, 0.4) is 0 Å². The van der Waals surface area contributed by atoms with Gasteiger partial charge >= 0.3 is 0 Å². The number of nitrogens with one attached hydrogen (secondary N) is 2. The third kappa shape index (κ3) is 3.91. The van der Waals surface area contributed by atoms with Crippen molar-refractivity contribution in [1.29, 1.82) is 0 Å². The molecule has 1 heterocycles. The maximum absolute atomic E-state index is 4.55. The van der Waals surface area contributed by atoms with Crippen LogP contribution in [0.1, 0.15) is 39.0 Å². The van der Waals surface area contributed by atoms with Crippen LogP contribution in [0.15, 0.2) is 18.2 Å². The van der Waals surface area contributed by atoms with Crippen molar-refractivity contribution in [1.82, 2.24) is 4.98 Å². The zero-order valence-electron chi connectivity index (χ0n) is 10.7. The highest BCUT2D eigenvalue weighted by atomic mass is 15.1. The minimum atomic E-state index is 0.851. The molecule has 1 aromatic heterocycles. The van der Waals surface area contributed by atoms with E-state index in [1.165, 1.54) is 25.7 Å². The molecule has 17 heavy (non-hydrogen) atoms. The number of hydrogen-bond acceptors (Lipinski definition) is 3. The van der Waals surface area contributed by atoms with Crippen LogP contribution in [-0.2, 0) is 0 Å². The molecule has 1 aliphatic rings. The zero-order chi connectivity index (χ0) is 11.9. The van der Waals surface area contributed by atoms with Gasteiger partial charge in [0.25, 0.3) is 0 Å². The Bertz CT molecular complexity index is 332. The van der Waals surface area contributed by atoms with Crippen LogP contribution in [0, 0.1) is 5.92 Å². The molecule has 2 rings (SSSR count). The molecular formula is C14H23N3. The fourth-order valence-electron chi connectivity index (χ4n) is 2.35. The van der Waals surface area contributed by atoms with Crippen LogP contribution in [0.5, 0.6) is 0 Å². The molecule has 3 nitrogen and oxygen atoms in total. The van der Waals surface area contributed by atoms with Gasteiger partial charge < -0.3 is 10.6 Å². The second-order valence-electron chi connectivity index (χ2n) is 4.87. The minimum absolute atomic E-state index is 0.851. The van der Waals surface area contributed by atoms with E-state index in [1.54, 1.807) is 0 Å². The summed E-state index contributed by atoms with van der Waals surface area (Å²) in [5, 5.41) is 6.76. The van der Waals surface area contributed by atoms with Crippen molar-refractivity contribution in [2.24, 2.45) is 5.92 Å². The third-order valence-electron chi connectivity index (χ3n) is 3.35. The van der Waals surface area contributed by atoms with Gasteiger partial charge in [-0.3, -0.25) is 0 Å². The molecule has 94 valence electrons. The molecule has 0 spiro atoms. The Balaban J connectivity index is 1.82. The maximum Gasteiger partial charge on any atom is 0.128 e. The highest BCUT2D eigenvalue weighted by Crippen LogP contribution is 2.24. The van der Waals surface area contributed by atoms with Gasteiger partial charge in [-0.1, -0.05) is 25.8 Å². The van der Waals surface area contributed by atoms with Gasteiger partial charge in [-0.05, 0) is 37.3 Å². The Morgan fingerprint density at radius 2 is 1.88 bits per heavy atom. The normalized spacial score (nSPS) is 16.1. The lowest BCUT2D eigenvalue weighted by Gasteiger charge is -2.12. The topological polar surface area (TPSA) is 37.0 Å². The Morgan fingerprint density at radius 1 is 1.18 bits per heavy atom. The van der Waals surface area contributed by atoms with Crippen molar-refractivity contribution in [3.05, 3.63) is 18.2 Å². The number of anilines is 2. The van der Waals surface area contributed by atoms with Crippen LogP contribution in [0.2, 0.25) is 0 Å². The lowest BCUT2D eigenvalue weighted by atomic mass is 10.1. The minimum Gasteiger partial charge on any atom is -0.370 e. The monoisotopic (exact) mass is 233 g/mol. The first-order valence-electron chi connectivity index (χ1n) is 6.83. The van der Waals surface area contributed by atoms with Crippen molar-refractivity contribution in [2.75, 3.05) is 23.7 Å². The fraction of sp³-hybridized carbons (Fsp3) is 0.643. The molecule has 0 saturated heterocycles. The molecule has 1 aromatic rings. The van der Waals surface area contributed by atoms with Crippen molar-refractivity contribution >= 4 is 11.6 Å². The summed E-state index contributed by atoms with van der Waals surface area (Å²) >= 11 is 0. The highest BCUT2D eigenvalue weighted by Gasteiger charge is 2.14. The molecule has 2 N–H and O–H groups in total. The maximum atomic E-state index is 4.55. The van der Waals surface area contributed by atoms with E-state index in [0.29, 0.717) is 0 Å². The predicted octanol–water partition coefficient (Wildman–Crippen LogP) is 3.51. The van der Waals surface area contributed by atoms with Gasteiger partial charge in [-0.25, -0.2) is 4.98 Å². The van der Waals surface area contributed by atoms with E-state index in [-0.39, 0.29) is 0 Å². The second-order valence-corrected chi connectivity index (χ2v) is 4.87. The van der Waals surface area contributed by atoms with Crippen LogP contribution >= 0.6 is 0 Å². The summed E-state index contributed by atoms with van der Waals surface area (Å²) in [4.78, 5) is 4.55. The van der Waals surface area contributed by atoms with Gasteiger partial charge in [0.05, 0.1) is 0 Å². The van der Waals surface area contributed by atoms with E-state index in [2.05, 4.69) is 28.6 Å².